The van der Waals surface area contributed by atoms with Gasteiger partial charge in [-0.1, -0.05) is 45.0 Å². The lowest BCUT2D eigenvalue weighted by Gasteiger charge is -2.32. The number of amides is 1. The summed E-state index contributed by atoms with van der Waals surface area (Å²) in [5, 5.41) is 7.48. The van der Waals surface area contributed by atoms with Crippen LogP contribution in [-0.4, -0.2) is 42.9 Å². The van der Waals surface area contributed by atoms with Crippen molar-refractivity contribution in [3.63, 3.8) is 0 Å². The summed E-state index contributed by atoms with van der Waals surface area (Å²) in [5.74, 6) is 1.44. The number of anilines is 1. The Bertz CT molecular complexity index is 1410. The molecule has 0 unspecified atom stereocenters. The van der Waals surface area contributed by atoms with Gasteiger partial charge in [-0.05, 0) is 87.8 Å². The van der Waals surface area contributed by atoms with Crippen molar-refractivity contribution in [2.24, 2.45) is 5.41 Å². The van der Waals surface area contributed by atoms with Crippen LogP contribution in [0.2, 0.25) is 0 Å². The molecule has 1 aliphatic rings. The van der Waals surface area contributed by atoms with Crippen molar-refractivity contribution in [3.05, 3.63) is 65.2 Å². The average molecular weight is 558 g/mol. The SMILES string of the molecule is COc1ccc(CNc2nc3ccc(B4OC(C)(C)C(C)(C)O4)cc3cc2/C=C(\C)C(=O)NCCC(C)(C)C)cc1. The van der Waals surface area contributed by atoms with Gasteiger partial charge >= 0.3 is 7.12 Å². The standard InChI is InChI=1S/C33H44BN3O4/c1-22(30(38)35-17-16-31(2,3)4)18-25-19-24-20-26(34-40-32(5,6)33(7,8)41-34)12-15-28(24)37-29(25)36-21-23-10-13-27(39-9)14-11-23/h10-15,18-20H,16-17,21H2,1-9H3,(H,35,38)(H,36,37)/b22-18+. The van der Waals surface area contributed by atoms with Gasteiger partial charge in [-0.25, -0.2) is 4.98 Å². The van der Waals surface area contributed by atoms with Gasteiger partial charge in [-0.15, -0.1) is 0 Å². The van der Waals surface area contributed by atoms with E-state index >= 15 is 0 Å². The number of carbonyl (C=O) groups is 1. The van der Waals surface area contributed by atoms with Crippen molar-refractivity contribution in [1.29, 1.82) is 0 Å². The molecule has 2 aromatic carbocycles. The van der Waals surface area contributed by atoms with E-state index in [1.807, 2.05) is 49.4 Å². The molecule has 218 valence electrons. The smallest absolute Gasteiger partial charge is 0.494 e. The van der Waals surface area contributed by atoms with E-state index in [4.69, 9.17) is 19.0 Å². The Balaban J connectivity index is 1.65. The van der Waals surface area contributed by atoms with Crippen LogP contribution in [0, 0.1) is 5.41 Å². The summed E-state index contributed by atoms with van der Waals surface area (Å²) in [7, 11) is 1.19. The number of rotatable bonds is 9. The minimum atomic E-state index is -0.466. The molecule has 2 heterocycles. The highest BCUT2D eigenvalue weighted by atomic mass is 16.7. The van der Waals surface area contributed by atoms with Crippen molar-refractivity contribution in [3.8, 4) is 5.75 Å². The number of fused-ring (bicyclic) bond motifs is 1. The highest BCUT2D eigenvalue weighted by Gasteiger charge is 2.51. The molecule has 0 spiro atoms. The van der Waals surface area contributed by atoms with Crippen LogP contribution in [0.5, 0.6) is 5.75 Å². The van der Waals surface area contributed by atoms with E-state index in [1.165, 1.54) is 0 Å². The Labute approximate surface area is 245 Å². The molecule has 1 aliphatic heterocycles. The molecule has 1 fully saturated rings. The van der Waals surface area contributed by atoms with Gasteiger partial charge in [0.2, 0.25) is 5.91 Å². The molecule has 2 N–H and O–H groups in total. The lowest BCUT2D eigenvalue weighted by atomic mass is 9.78. The maximum atomic E-state index is 12.9. The van der Waals surface area contributed by atoms with Crippen LogP contribution in [0.15, 0.2) is 54.1 Å². The maximum Gasteiger partial charge on any atom is 0.494 e. The number of aromatic nitrogens is 1. The first-order chi connectivity index (χ1) is 19.2. The van der Waals surface area contributed by atoms with Gasteiger partial charge in [-0.3, -0.25) is 4.79 Å². The monoisotopic (exact) mass is 557 g/mol. The Kier molecular flexibility index (Phi) is 8.85. The van der Waals surface area contributed by atoms with Gasteiger partial charge in [0.05, 0.1) is 23.8 Å². The minimum Gasteiger partial charge on any atom is -0.497 e. The number of benzene rings is 2. The summed E-state index contributed by atoms with van der Waals surface area (Å²) >= 11 is 0. The molecule has 7 nitrogen and oxygen atoms in total. The van der Waals surface area contributed by atoms with Gasteiger partial charge in [0.25, 0.3) is 0 Å². The maximum absolute atomic E-state index is 12.9. The van der Waals surface area contributed by atoms with E-state index in [0.717, 1.165) is 39.7 Å². The summed E-state index contributed by atoms with van der Waals surface area (Å²) < 4.78 is 17.9. The molecule has 0 bridgehead atoms. The van der Waals surface area contributed by atoms with Gasteiger partial charge in [0.15, 0.2) is 0 Å². The Hall–Kier alpha value is -3.36. The van der Waals surface area contributed by atoms with Crippen molar-refractivity contribution in [2.75, 3.05) is 19.0 Å². The number of carbonyl (C=O) groups excluding carboxylic acids is 1. The normalized spacial score (nSPS) is 16.6. The second-order valence-electron chi connectivity index (χ2n) is 13.1. The number of nitrogens with zero attached hydrogens (tertiary/aromatic N) is 1. The minimum absolute atomic E-state index is 0.0820. The van der Waals surface area contributed by atoms with Crippen LogP contribution in [0.25, 0.3) is 17.0 Å². The molecule has 0 saturated carbocycles. The van der Waals surface area contributed by atoms with Gasteiger partial charge in [-0.2, -0.15) is 0 Å². The number of hydrogen-bond donors (Lipinski definition) is 2. The second-order valence-corrected chi connectivity index (χ2v) is 13.1. The van der Waals surface area contributed by atoms with Gasteiger partial charge < -0.3 is 24.7 Å². The molecule has 8 heteroatoms. The van der Waals surface area contributed by atoms with E-state index < -0.39 is 18.3 Å². The van der Waals surface area contributed by atoms with Crippen molar-refractivity contribution < 1.29 is 18.8 Å². The van der Waals surface area contributed by atoms with Crippen LogP contribution in [0.3, 0.4) is 0 Å². The quantitative estimate of drug-likeness (QED) is 0.244. The number of ether oxygens (including phenoxy) is 1. The average Bonchev–Trinajstić information content (AvgIpc) is 3.12. The summed E-state index contributed by atoms with van der Waals surface area (Å²) in [4.78, 5) is 17.9. The number of pyridine rings is 1. The largest absolute Gasteiger partial charge is 0.497 e. The lowest BCUT2D eigenvalue weighted by molar-refractivity contribution is -0.117. The number of nitrogens with one attached hydrogen (secondary N) is 2. The highest BCUT2D eigenvalue weighted by Crippen LogP contribution is 2.36. The number of methoxy groups -OCH3 is 1. The van der Waals surface area contributed by atoms with Crippen LogP contribution in [0.4, 0.5) is 5.82 Å². The van der Waals surface area contributed by atoms with Crippen molar-refractivity contribution in [1.82, 2.24) is 10.3 Å². The third kappa shape index (κ3) is 7.49. The van der Waals surface area contributed by atoms with E-state index in [9.17, 15) is 4.79 Å². The molecular formula is C33H44BN3O4. The lowest BCUT2D eigenvalue weighted by Crippen LogP contribution is -2.41. The topological polar surface area (TPSA) is 81.7 Å². The zero-order chi connectivity index (χ0) is 30.0. The summed E-state index contributed by atoms with van der Waals surface area (Å²) in [6.07, 6.45) is 2.80. The number of hydrogen-bond acceptors (Lipinski definition) is 6. The molecule has 4 rings (SSSR count). The molecule has 1 aromatic heterocycles. The third-order valence-electron chi connectivity index (χ3n) is 7.90. The van der Waals surface area contributed by atoms with Crippen LogP contribution in [-0.2, 0) is 20.6 Å². The van der Waals surface area contributed by atoms with Crippen molar-refractivity contribution >= 4 is 41.3 Å². The Morgan fingerprint density at radius 3 is 2.29 bits per heavy atom. The predicted molar refractivity (Wildman–Crippen MR) is 169 cm³/mol. The Morgan fingerprint density at radius 2 is 1.68 bits per heavy atom. The summed E-state index contributed by atoms with van der Waals surface area (Å²) in [6, 6.07) is 16.1. The van der Waals surface area contributed by atoms with Crippen LogP contribution >= 0.6 is 0 Å². The first-order valence-corrected chi connectivity index (χ1v) is 14.3. The molecule has 0 radical (unpaired) electrons. The first-order valence-electron chi connectivity index (χ1n) is 14.3. The molecule has 1 amide bonds. The zero-order valence-corrected chi connectivity index (χ0v) is 26.0. The summed E-state index contributed by atoms with van der Waals surface area (Å²) in [5.41, 5.74) is 3.62. The van der Waals surface area contributed by atoms with Crippen molar-refractivity contribution in [2.45, 2.75) is 79.6 Å². The van der Waals surface area contributed by atoms with E-state index in [2.05, 4.69) is 71.2 Å². The fourth-order valence-corrected chi connectivity index (χ4v) is 4.51. The molecule has 3 aromatic rings. The van der Waals surface area contributed by atoms with E-state index in [0.29, 0.717) is 24.5 Å². The third-order valence-corrected chi connectivity index (χ3v) is 7.90. The summed E-state index contributed by atoms with van der Waals surface area (Å²) in [6.45, 7) is 17.7. The molecule has 0 aliphatic carbocycles. The fraction of sp³-hybridized carbons (Fsp3) is 0.455. The van der Waals surface area contributed by atoms with Gasteiger partial charge in [0, 0.05) is 29.6 Å². The molecule has 0 atom stereocenters. The molecular weight excluding hydrogens is 513 g/mol. The molecule has 41 heavy (non-hydrogen) atoms. The van der Waals surface area contributed by atoms with Gasteiger partial charge in [0.1, 0.15) is 11.6 Å². The second kappa shape index (κ2) is 11.9. The Morgan fingerprint density at radius 1 is 1.02 bits per heavy atom. The zero-order valence-electron chi connectivity index (χ0n) is 26.0. The van der Waals surface area contributed by atoms with Crippen LogP contribution < -0.4 is 20.8 Å². The first kappa shape index (κ1) is 30.6. The van der Waals surface area contributed by atoms with Crippen LogP contribution in [0.1, 0.15) is 72.9 Å². The van der Waals surface area contributed by atoms with E-state index in [-0.39, 0.29) is 11.3 Å². The van der Waals surface area contributed by atoms with E-state index in [1.54, 1.807) is 7.11 Å². The highest BCUT2D eigenvalue weighted by molar-refractivity contribution is 6.62. The fourth-order valence-electron chi connectivity index (χ4n) is 4.51. The predicted octanol–water partition coefficient (Wildman–Crippen LogP) is 6.11. The molecule has 1 saturated heterocycles.